The van der Waals surface area contributed by atoms with E-state index in [-0.39, 0.29) is 0 Å². The molecule has 0 fully saturated rings. The second kappa shape index (κ2) is 4.26. The molecule has 3 nitrogen and oxygen atoms in total. The molecule has 1 aromatic rings. The summed E-state index contributed by atoms with van der Waals surface area (Å²) in [6.07, 6.45) is 5.87. The minimum absolute atomic E-state index is 1.03. The molecular formula is C10H17N3S. The first-order chi connectivity index (χ1) is 6.83. The summed E-state index contributed by atoms with van der Waals surface area (Å²) in [5, 5.41) is 8.02. The lowest BCUT2D eigenvalue weighted by Gasteiger charge is -2.03. The zero-order valence-electron chi connectivity index (χ0n) is 8.84. The molecule has 0 radical (unpaired) electrons. The predicted molar refractivity (Wildman–Crippen MR) is 61.9 cm³/mol. The van der Waals surface area contributed by atoms with E-state index in [4.69, 9.17) is 0 Å². The Morgan fingerprint density at radius 2 is 2.36 bits per heavy atom. The van der Waals surface area contributed by atoms with E-state index in [0.29, 0.717) is 0 Å². The van der Waals surface area contributed by atoms with Gasteiger partial charge in [-0.2, -0.15) is 16.9 Å². The van der Waals surface area contributed by atoms with Crippen LogP contribution in [0.2, 0.25) is 0 Å². The van der Waals surface area contributed by atoms with E-state index in [1.54, 1.807) is 0 Å². The number of aromatic nitrogens is 2. The maximum atomic E-state index is 4.56. The Balaban J connectivity index is 2.34. The van der Waals surface area contributed by atoms with Gasteiger partial charge in [-0.3, -0.25) is 4.68 Å². The molecule has 78 valence electrons. The van der Waals surface area contributed by atoms with Gasteiger partial charge in [-0.25, -0.2) is 0 Å². The molecule has 1 N–H and O–H groups in total. The molecule has 0 aliphatic carbocycles. The van der Waals surface area contributed by atoms with Gasteiger partial charge < -0.3 is 5.32 Å². The van der Waals surface area contributed by atoms with Gasteiger partial charge in [-0.15, -0.1) is 0 Å². The van der Waals surface area contributed by atoms with Crippen molar-refractivity contribution in [2.45, 2.75) is 25.0 Å². The molecular weight excluding hydrogens is 194 g/mol. The van der Waals surface area contributed by atoms with Gasteiger partial charge in [-0.05, 0) is 25.5 Å². The fourth-order valence-corrected chi connectivity index (χ4v) is 2.50. The molecule has 0 saturated heterocycles. The molecule has 0 atom stereocenters. The lowest BCUT2D eigenvalue weighted by molar-refractivity contribution is 0.741. The largest absolute Gasteiger partial charge is 0.370 e. The number of thioether (sulfide) groups is 1. The Bertz CT molecular complexity index is 319. The molecule has 0 amide bonds. The Kier molecular flexibility index (Phi) is 3.01. The van der Waals surface area contributed by atoms with Crippen LogP contribution in [0.15, 0.2) is 0 Å². The third-order valence-corrected chi connectivity index (χ3v) is 3.22. The smallest absolute Gasteiger partial charge is 0.127 e. The number of nitrogens with zero attached hydrogens (tertiary/aromatic N) is 2. The van der Waals surface area contributed by atoms with E-state index in [0.717, 1.165) is 12.3 Å². The molecule has 1 aliphatic heterocycles. The normalized spacial score (nSPS) is 15.9. The minimum Gasteiger partial charge on any atom is -0.370 e. The summed E-state index contributed by atoms with van der Waals surface area (Å²) in [4.78, 5) is 0. The average molecular weight is 211 g/mol. The van der Waals surface area contributed by atoms with Crippen LogP contribution in [0.1, 0.15) is 24.1 Å². The van der Waals surface area contributed by atoms with Crippen LogP contribution in [0.5, 0.6) is 0 Å². The highest BCUT2D eigenvalue weighted by Gasteiger charge is 2.16. The first-order valence-corrected chi connectivity index (χ1v) is 6.50. The molecule has 2 rings (SSSR count). The lowest BCUT2D eigenvalue weighted by Crippen LogP contribution is -2.04. The van der Waals surface area contributed by atoms with Gasteiger partial charge in [0.2, 0.25) is 0 Å². The third kappa shape index (κ3) is 1.75. The fourth-order valence-electron chi connectivity index (χ4n) is 1.99. The van der Waals surface area contributed by atoms with Gasteiger partial charge in [0.05, 0.1) is 5.69 Å². The summed E-state index contributed by atoms with van der Waals surface area (Å²) in [6.45, 7) is 1.09. The van der Waals surface area contributed by atoms with Gasteiger partial charge in [0.1, 0.15) is 5.82 Å². The van der Waals surface area contributed by atoms with Crippen LogP contribution in [-0.2, 0) is 19.2 Å². The maximum Gasteiger partial charge on any atom is 0.127 e. The van der Waals surface area contributed by atoms with E-state index in [1.807, 2.05) is 23.5 Å². The van der Waals surface area contributed by atoms with Crippen LogP contribution in [0.25, 0.3) is 0 Å². The molecule has 0 bridgehead atoms. The molecule has 0 saturated carbocycles. The third-order valence-electron chi connectivity index (χ3n) is 2.66. The number of hydrogen-bond acceptors (Lipinski definition) is 3. The maximum absolute atomic E-state index is 4.56. The predicted octanol–water partition coefficient (Wildman–Crippen LogP) is 2.03. The van der Waals surface area contributed by atoms with Crippen molar-refractivity contribution in [3.8, 4) is 0 Å². The van der Waals surface area contributed by atoms with Crippen LogP contribution in [0, 0.1) is 0 Å². The molecule has 2 heterocycles. The van der Waals surface area contributed by atoms with E-state index >= 15 is 0 Å². The molecule has 1 aromatic heterocycles. The second-order valence-electron chi connectivity index (χ2n) is 3.71. The average Bonchev–Trinajstić information content (AvgIpc) is 2.41. The topological polar surface area (TPSA) is 29.9 Å². The Labute approximate surface area is 89.3 Å². The monoisotopic (exact) mass is 211 g/mol. The standard InChI is InChI=1S/C10H17N3S/c1-13-10-8(5-3-4-6-11-10)9(12-13)7-14-2/h11H,3-7H2,1-2H3. The zero-order chi connectivity index (χ0) is 9.97. The summed E-state index contributed by atoms with van der Waals surface area (Å²) >= 11 is 1.84. The minimum atomic E-state index is 1.03. The zero-order valence-corrected chi connectivity index (χ0v) is 9.65. The quantitative estimate of drug-likeness (QED) is 0.812. The first kappa shape index (κ1) is 9.90. The van der Waals surface area contributed by atoms with Crippen LogP contribution in [0.3, 0.4) is 0 Å². The Morgan fingerprint density at radius 3 is 3.14 bits per heavy atom. The second-order valence-corrected chi connectivity index (χ2v) is 4.58. The van der Waals surface area contributed by atoms with Crippen LogP contribution >= 0.6 is 11.8 Å². The van der Waals surface area contributed by atoms with E-state index in [1.165, 1.54) is 36.3 Å². The van der Waals surface area contributed by atoms with Crippen molar-refractivity contribution in [1.82, 2.24) is 9.78 Å². The highest BCUT2D eigenvalue weighted by molar-refractivity contribution is 7.97. The fraction of sp³-hybridized carbons (Fsp3) is 0.700. The van der Waals surface area contributed by atoms with Crippen molar-refractivity contribution in [2.24, 2.45) is 7.05 Å². The molecule has 14 heavy (non-hydrogen) atoms. The highest BCUT2D eigenvalue weighted by Crippen LogP contribution is 2.26. The number of hydrogen-bond donors (Lipinski definition) is 1. The Morgan fingerprint density at radius 1 is 1.50 bits per heavy atom. The number of rotatable bonds is 2. The van der Waals surface area contributed by atoms with Crippen molar-refractivity contribution in [1.29, 1.82) is 0 Å². The Hall–Kier alpha value is -0.640. The van der Waals surface area contributed by atoms with Crippen molar-refractivity contribution in [3.63, 3.8) is 0 Å². The molecule has 4 heteroatoms. The van der Waals surface area contributed by atoms with E-state index in [9.17, 15) is 0 Å². The first-order valence-electron chi connectivity index (χ1n) is 5.10. The highest BCUT2D eigenvalue weighted by atomic mass is 32.2. The van der Waals surface area contributed by atoms with Gasteiger partial charge in [0, 0.05) is 24.9 Å². The van der Waals surface area contributed by atoms with Crippen molar-refractivity contribution >= 4 is 17.6 Å². The van der Waals surface area contributed by atoms with Crippen LogP contribution in [-0.4, -0.2) is 22.6 Å². The molecule has 0 unspecified atom stereocenters. The summed E-state index contributed by atoms with van der Waals surface area (Å²) < 4.78 is 1.99. The van der Waals surface area contributed by atoms with E-state index < -0.39 is 0 Å². The summed E-state index contributed by atoms with van der Waals surface area (Å²) in [5.41, 5.74) is 2.71. The van der Waals surface area contributed by atoms with Crippen molar-refractivity contribution in [2.75, 3.05) is 18.1 Å². The van der Waals surface area contributed by atoms with Gasteiger partial charge in [0.25, 0.3) is 0 Å². The summed E-state index contributed by atoms with van der Waals surface area (Å²) in [7, 11) is 2.03. The van der Waals surface area contributed by atoms with Crippen molar-refractivity contribution < 1.29 is 0 Å². The SMILES string of the molecule is CSCc1nn(C)c2c1CCCCN2. The molecule has 1 aliphatic rings. The van der Waals surface area contributed by atoms with Gasteiger partial charge >= 0.3 is 0 Å². The number of fused-ring (bicyclic) bond motifs is 1. The molecule has 0 spiro atoms. The molecule has 0 aromatic carbocycles. The van der Waals surface area contributed by atoms with E-state index in [2.05, 4.69) is 16.7 Å². The summed E-state index contributed by atoms with van der Waals surface area (Å²) in [6, 6.07) is 0. The van der Waals surface area contributed by atoms with Crippen molar-refractivity contribution in [3.05, 3.63) is 11.3 Å². The number of anilines is 1. The van der Waals surface area contributed by atoms with Crippen LogP contribution < -0.4 is 5.32 Å². The lowest BCUT2D eigenvalue weighted by atomic mass is 10.1. The number of aryl methyl sites for hydroxylation is 1. The summed E-state index contributed by atoms with van der Waals surface area (Å²) in [5.74, 6) is 2.27. The number of nitrogens with one attached hydrogen (secondary N) is 1. The van der Waals surface area contributed by atoms with Gasteiger partial charge in [-0.1, -0.05) is 0 Å². The van der Waals surface area contributed by atoms with Gasteiger partial charge in [0.15, 0.2) is 0 Å². The van der Waals surface area contributed by atoms with Crippen LogP contribution in [0.4, 0.5) is 5.82 Å².